The zero-order chi connectivity index (χ0) is 23.9. The van der Waals surface area contributed by atoms with Crippen molar-refractivity contribution in [3.8, 4) is 11.5 Å². The monoisotopic (exact) mass is 513 g/mol. The molecule has 0 saturated heterocycles. The van der Waals surface area contributed by atoms with Gasteiger partial charge in [0.25, 0.3) is 0 Å². The van der Waals surface area contributed by atoms with Gasteiger partial charge in [-0.05, 0) is 60.2 Å². The normalized spacial score (nSPS) is 10.9. The smallest absolute Gasteiger partial charge is 0.229 e. The van der Waals surface area contributed by atoms with Gasteiger partial charge in [-0.25, -0.2) is 4.98 Å². The molecule has 2 aromatic carbocycles. The van der Waals surface area contributed by atoms with E-state index in [1.807, 2.05) is 48.5 Å². The van der Waals surface area contributed by atoms with Crippen LogP contribution in [0.2, 0.25) is 5.02 Å². The summed E-state index contributed by atoms with van der Waals surface area (Å²) in [5.74, 6) is 2.19. The summed E-state index contributed by atoms with van der Waals surface area (Å²) in [6.07, 6.45) is 4.64. The molecule has 4 rings (SSSR count). The van der Waals surface area contributed by atoms with E-state index in [0.717, 1.165) is 32.4 Å². The molecule has 0 aliphatic carbocycles. The fraction of sp³-hybridized carbons (Fsp3) is 0.240. The van der Waals surface area contributed by atoms with Gasteiger partial charge in [0, 0.05) is 28.7 Å². The van der Waals surface area contributed by atoms with E-state index in [-0.39, 0.29) is 5.91 Å². The number of carbonyl (C=O) groups excluding carboxylic acids is 1. The number of halogens is 1. The Morgan fingerprint density at radius 2 is 1.85 bits per heavy atom. The summed E-state index contributed by atoms with van der Waals surface area (Å²) in [7, 11) is 3.23. The predicted molar refractivity (Wildman–Crippen MR) is 140 cm³/mol. The van der Waals surface area contributed by atoms with Gasteiger partial charge < -0.3 is 9.47 Å². The van der Waals surface area contributed by atoms with Gasteiger partial charge >= 0.3 is 0 Å². The van der Waals surface area contributed by atoms with Crippen molar-refractivity contribution in [1.29, 1.82) is 0 Å². The van der Waals surface area contributed by atoms with Crippen molar-refractivity contribution < 1.29 is 14.3 Å². The van der Waals surface area contributed by atoms with Gasteiger partial charge in [-0.15, -0.1) is 11.8 Å². The van der Waals surface area contributed by atoms with Crippen LogP contribution >= 0.6 is 34.7 Å². The van der Waals surface area contributed by atoms with Crippen molar-refractivity contribution in [2.24, 2.45) is 0 Å². The molecule has 34 heavy (non-hydrogen) atoms. The minimum atomic E-state index is 0.0116. The highest BCUT2D eigenvalue weighted by molar-refractivity contribution is 7.99. The average Bonchev–Trinajstić information content (AvgIpc) is 3.31. The van der Waals surface area contributed by atoms with Crippen LogP contribution in [0, 0.1) is 0 Å². The van der Waals surface area contributed by atoms with Crippen LogP contribution < -0.4 is 14.4 Å². The van der Waals surface area contributed by atoms with Crippen molar-refractivity contribution in [3.63, 3.8) is 0 Å². The van der Waals surface area contributed by atoms with Crippen molar-refractivity contribution in [2.45, 2.75) is 24.3 Å². The molecule has 0 N–H and O–H groups in total. The first kappa shape index (κ1) is 24.3. The Morgan fingerprint density at radius 1 is 1.09 bits per heavy atom. The fourth-order valence-electron chi connectivity index (χ4n) is 3.41. The lowest BCUT2D eigenvalue weighted by atomic mass is 10.2. The Labute approximate surface area is 211 Å². The quantitative estimate of drug-likeness (QED) is 0.179. The van der Waals surface area contributed by atoms with Gasteiger partial charge in [-0.3, -0.25) is 14.7 Å². The Balaban J connectivity index is 1.54. The molecule has 0 unspecified atom stereocenters. The van der Waals surface area contributed by atoms with Crippen LogP contribution in [0.5, 0.6) is 11.5 Å². The summed E-state index contributed by atoms with van der Waals surface area (Å²) in [4.78, 5) is 25.2. The minimum absolute atomic E-state index is 0.0116. The molecule has 1 amide bonds. The number of amides is 1. The lowest BCUT2D eigenvalue weighted by Crippen LogP contribution is -2.30. The number of rotatable bonds is 10. The first-order chi connectivity index (χ1) is 16.6. The number of nitrogens with zero attached hydrogens (tertiary/aromatic N) is 3. The Bertz CT molecular complexity index is 1210. The number of hydrogen-bond donors (Lipinski definition) is 0. The van der Waals surface area contributed by atoms with Gasteiger partial charge in [-0.2, -0.15) is 0 Å². The highest BCUT2D eigenvalue weighted by Crippen LogP contribution is 2.40. The third-order valence-corrected chi connectivity index (χ3v) is 7.55. The summed E-state index contributed by atoms with van der Waals surface area (Å²) in [5, 5.41) is 1.33. The maximum absolute atomic E-state index is 13.4. The van der Waals surface area contributed by atoms with Crippen LogP contribution in [0.4, 0.5) is 5.13 Å². The maximum atomic E-state index is 13.4. The Kier molecular flexibility index (Phi) is 8.26. The van der Waals surface area contributed by atoms with E-state index >= 15 is 0 Å². The number of hydrogen-bond acceptors (Lipinski definition) is 7. The zero-order valence-electron chi connectivity index (χ0n) is 18.9. The number of methoxy groups -OCH3 is 2. The second-order valence-corrected chi connectivity index (χ2v) is 9.97. The standard InChI is InChI=1S/C25H24ClN3O3S2/c1-31-20-11-12-21(32-2)24-23(20)28-25(34-24)29(16-17-5-3-13-27-15-17)22(30)6-4-14-33-19-9-7-18(26)8-10-19/h3,5,7-13,15H,4,6,14,16H2,1-2H3. The summed E-state index contributed by atoms with van der Waals surface area (Å²) < 4.78 is 11.9. The van der Waals surface area contributed by atoms with Crippen molar-refractivity contribution >= 4 is 56.0 Å². The second kappa shape index (κ2) is 11.6. The number of thiazole rings is 1. The van der Waals surface area contributed by atoms with E-state index in [9.17, 15) is 4.79 Å². The molecule has 0 atom stereocenters. The van der Waals surface area contributed by atoms with Gasteiger partial charge in [0.2, 0.25) is 5.91 Å². The van der Waals surface area contributed by atoms with Crippen LogP contribution in [-0.4, -0.2) is 35.8 Å². The molecule has 2 heterocycles. The number of aromatic nitrogens is 2. The third kappa shape index (κ3) is 5.81. The van der Waals surface area contributed by atoms with Gasteiger partial charge in [0.1, 0.15) is 21.7 Å². The summed E-state index contributed by atoms with van der Waals surface area (Å²) >= 11 is 9.09. The lowest BCUT2D eigenvalue weighted by Gasteiger charge is -2.20. The topological polar surface area (TPSA) is 64.6 Å². The molecule has 9 heteroatoms. The largest absolute Gasteiger partial charge is 0.495 e. The molecule has 0 aliphatic heterocycles. The molecule has 0 bridgehead atoms. The SMILES string of the molecule is COc1ccc(OC)c2sc(N(Cc3cccnc3)C(=O)CCCSc3ccc(Cl)cc3)nc12. The number of thioether (sulfide) groups is 1. The molecular formula is C25H24ClN3O3S2. The number of ether oxygens (including phenoxy) is 2. The van der Waals surface area contributed by atoms with Crippen molar-refractivity contribution in [1.82, 2.24) is 9.97 Å². The highest BCUT2D eigenvalue weighted by atomic mass is 35.5. The van der Waals surface area contributed by atoms with Gasteiger partial charge in [0.05, 0.1) is 20.8 Å². The molecular weight excluding hydrogens is 490 g/mol. The molecule has 4 aromatic rings. The van der Waals surface area contributed by atoms with Gasteiger partial charge in [-0.1, -0.05) is 29.0 Å². The van der Waals surface area contributed by atoms with E-state index in [1.165, 1.54) is 11.3 Å². The van der Waals surface area contributed by atoms with Crippen molar-refractivity contribution in [3.05, 3.63) is 71.5 Å². The van der Waals surface area contributed by atoms with E-state index in [1.54, 1.807) is 43.3 Å². The Hall–Kier alpha value is -2.81. The third-order valence-electron chi connectivity index (χ3n) is 5.11. The number of carbonyl (C=O) groups is 1. The number of pyridine rings is 1. The molecule has 0 fully saturated rings. The molecule has 0 aliphatic rings. The summed E-state index contributed by atoms with van der Waals surface area (Å²) in [6, 6.07) is 15.2. The molecule has 0 saturated carbocycles. The molecule has 0 spiro atoms. The first-order valence-electron chi connectivity index (χ1n) is 10.7. The molecule has 6 nitrogen and oxygen atoms in total. The number of benzene rings is 2. The molecule has 2 aromatic heterocycles. The fourth-order valence-corrected chi connectivity index (χ4v) is 5.48. The van der Waals surface area contributed by atoms with Gasteiger partial charge in [0.15, 0.2) is 5.13 Å². The predicted octanol–water partition coefficient (Wildman–Crippen LogP) is 6.47. The summed E-state index contributed by atoms with van der Waals surface area (Å²) in [6.45, 7) is 0.390. The zero-order valence-corrected chi connectivity index (χ0v) is 21.3. The Morgan fingerprint density at radius 3 is 2.56 bits per heavy atom. The first-order valence-corrected chi connectivity index (χ1v) is 12.9. The minimum Gasteiger partial charge on any atom is -0.495 e. The molecule has 0 radical (unpaired) electrons. The van der Waals surface area contributed by atoms with E-state index < -0.39 is 0 Å². The average molecular weight is 514 g/mol. The van der Waals surface area contributed by atoms with Crippen molar-refractivity contribution in [2.75, 3.05) is 24.9 Å². The van der Waals surface area contributed by atoms with Crippen LogP contribution in [-0.2, 0) is 11.3 Å². The van der Waals surface area contributed by atoms with E-state index in [2.05, 4.69) is 4.98 Å². The molecule has 176 valence electrons. The van der Waals surface area contributed by atoms with Crippen LogP contribution in [0.3, 0.4) is 0 Å². The van der Waals surface area contributed by atoms with E-state index in [0.29, 0.717) is 35.1 Å². The summed E-state index contributed by atoms with van der Waals surface area (Å²) in [5.41, 5.74) is 1.62. The second-order valence-electron chi connectivity index (χ2n) is 7.39. The van der Waals surface area contributed by atoms with E-state index in [4.69, 9.17) is 26.1 Å². The maximum Gasteiger partial charge on any atom is 0.229 e. The van der Waals surface area contributed by atoms with Crippen LogP contribution in [0.15, 0.2) is 65.8 Å². The lowest BCUT2D eigenvalue weighted by molar-refractivity contribution is -0.118. The number of anilines is 1. The van der Waals surface area contributed by atoms with Crippen LogP contribution in [0.25, 0.3) is 10.2 Å². The number of fused-ring (bicyclic) bond motifs is 1. The highest BCUT2D eigenvalue weighted by Gasteiger charge is 2.22. The van der Waals surface area contributed by atoms with Crippen LogP contribution in [0.1, 0.15) is 18.4 Å².